The van der Waals surface area contributed by atoms with Crippen LogP contribution in [0.3, 0.4) is 0 Å². The molecule has 0 unspecified atom stereocenters. The van der Waals surface area contributed by atoms with Crippen LogP contribution in [0.5, 0.6) is 0 Å². The molecular weight excluding hydrogens is 270 g/mol. The van der Waals surface area contributed by atoms with Crippen LogP contribution in [0.2, 0.25) is 0 Å². The molecule has 1 aliphatic rings. The maximum atomic E-state index is 12.4. The summed E-state index contributed by atoms with van der Waals surface area (Å²) in [6, 6.07) is 4.64. The Morgan fingerprint density at radius 3 is 2.67 bits per heavy atom. The second kappa shape index (κ2) is 6.56. The summed E-state index contributed by atoms with van der Waals surface area (Å²) in [4.78, 5) is 24.9. The lowest BCUT2D eigenvalue weighted by Crippen LogP contribution is -2.37. The molecule has 21 heavy (non-hydrogen) atoms. The van der Waals surface area contributed by atoms with E-state index in [0.717, 1.165) is 25.9 Å². The zero-order chi connectivity index (χ0) is 15.4. The number of nitrogens with one attached hydrogen (secondary N) is 1. The Morgan fingerprint density at radius 2 is 2.10 bits per heavy atom. The molecule has 1 aromatic rings. The third-order valence-corrected chi connectivity index (χ3v) is 3.88. The molecule has 6 heteroatoms. The Morgan fingerprint density at radius 1 is 1.43 bits per heavy atom. The van der Waals surface area contributed by atoms with Gasteiger partial charge in [-0.1, -0.05) is 6.92 Å². The molecule has 0 spiro atoms. The lowest BCUT2D eigenvalue weighted by molar-refractivity contribution is -0.384. The number of carbonyl (C=O) groups excluding carboxylic acids is 1. The van der Waals surface area contributed by atoms with Gasteiger partial charge in [0, 0.05) is 31.3 Å². The van der Waals surface area contributed by atoms with Gasteiger partial charge in [-0.3, -0.25) is 14.9 Å². The van der Waals surface area contributed by atoms with Gasteiger partial charge in [-0.15, -0.1) is 0 Å². The van der Waals surface area contributed by atoms with Crippen molar-refractivity contribution in [1.82, 2.24) is 4.90 Å². The topological polar surface area (TPSA) is 75.5 Å². The third-order valence-electron chi connectivity index (χ3n) is 3.88. The highest BCUT2D eigenvalue weighted by atomic mass is 16.6. The van der Waals surface area contributed by atoms with E-state index in [2.05, 4.69) is 12.2 Å². The largest absolute Gasteiger partial charge is 0.380 e. The van der Waals surface area contributed by atoms with Crippen molar-refractivity contribution in [3.05, 3.63) is 33.9 Å². The van der Waals surface area contributed by atoms with Crippen LogP contribution in [0.4, 0.5) is 11.4 Å². The van der Waals surface area contributed by atoms with Crippen molar-refractivity contribution in [3.8, 4) is 0 Å². The van der Waals surface area contributed by atoms with Gasteiger partial charge in [0.05, 0.1) is 4.92 Å². The molecule has 0 aliphatic carbocycles. The predicted octanol–water partition coefficient (Wildman–Crippen LogP) is 2.90. The maximum Gasteiger partial charge on any atom is 0.293 e. The van der Waals surface area contributed by atoms with Crippen LogP contribution in [0, 0.1) is 16.0 Å². The molecule has 6 nitrogen and oxygen atoms in total. The van der Waals surface area contributed by atoms with E-state index < -0.39 is 4.92 Å². The zero-order valence-corrected chi connectivity index (χ0v) is 12.5. The van der Waals surface area contributed by atoms with Gasteiger partial charge in [-0.2, -0.15) is 0 Å². The summed E-state index contributed by atoms with van der Waals surface area (Å²) in [5, 5.41) is 14.1. The molecule has 1 fully saturated rings. The molecule has 0 radical (unpaired) electrons. The van der Waals surface area contributed by atoms with Gasteiger partial charge in [0.25, 0.3) is 11.6 Å². The van der Waals surface area contributed by atoms with Crippen molar-refractivity contribution in [2.75, 3.05) is 25.0 Å². The normalized spacial score (nSPS) is 15.8. The first kappa shape index (κ1) is 15.3. The standard InChI is InChI=1S/C15H21N3O3/c1-3-16-13-5-4-12(10-14(13)18(20)21)15(19)17-8-6-11(2)7-9-17/h4-5,10-11,16H,3,6-9H2,1-2H3. The fourth-order valence-corrected chi connectivity index (χ4v) is 2.55. The molecule has 2 rings (SSSR count). The molecule has 0 saturated carbocycles. The van der Waals surface area contributed by atoms with Crippen molar-refractivity contribution < 1.29 is 9.72 Å². The molecule has 0 aromatic heterocycles. The van der Waals surface area contributed by atoms with Crippen molar-refractivity contribution in [2.24, 2.45) is 5.92 Å². The SMILES string of the molecule is CCNc1ccc(C(=O)N2CCC(C)CC2)cc1[N+](=O)[O-]. The molecule has 0 bridgehead atoms. The third kappa shape index (κ3) is 3.51. The molecule has 1 heterocycles. The minimum absolute atomic E-state index is 0.0481. The van der Waals surface area contributed by atoms with Crippen LogP contribution in [0.15, 0.2) is 18.2 Å². The highest BCUT2D eigenvalue weighted by Gasteiger charge is 2.24. The summed E-state index contributed by atoms with van der Waals surface area (Å²) < 4.78 is 0. The first-order valence-corrected chi connectivity index (χ1v) is 7.34. The number of likely N-dealkylation sites (tertiary alicyclic amines) is 1. The summed E-state index contributed by atoms with van der Waals surface area (Å²) in [7, 11) is 0. The molecule has 1 amide bonds. The fourth-order valence-electron chi connectivity index (χ4n) is 2.55. The second-order valence-electron chi connectivity index (χ2n) is 5.49. The van der Waals surface area contributed by atoms with Crippen molar-refractivity contribution in [1.29, 1.82) is 0 Å². The summed E-state index contributed by atoms with van der Waals surface area (Å²) in [5.74, 6) is 0.521. The predicted molar refractivity (Wildman–Crippen MR) is 81.6 cm³/mol. The monoisotopic (exact) mass is 291 g/mol. The van der Waals surface area contributed by atoms with Gasteiger partial charge in [0.1, 0.15) is 5.69 Å². The van der Waals surface area contributed by atoms with Crippen LogP contribution in [0.1, 0.15) is 37.0 Å². The minimum atomic E-state index is -0.451. The zero-order valence-electron chi connectivity index (χ0n) is 12.5. The Labute approximate surface area is 124 Å². The van der Waals surface area contributed by atoms with Gasteiger partial charge >= 0.3 is 0 Å². The lowest BCUT2D eigenvalue weighted by Gasteiger charge is -2.30. The number of piperidine rings is 1. The van der Waals surface area contributed by atoms with E-state index in [1.807, 2.05) is 6.92 Å². The van der Waals surface area contributed by atoms with E-state index in [9.17, 15) is 14.9 Å². The highest BCUT2D eigenvalue weighted by molar-refractivity contribution is 5.95. The van der Waals surface area contributed by atoms with Gasteiger partial charge < -0.3 is 10.2 Å². The van der Waals surface area contributed by atoms with Crippen LogP contribution in [0.25, 0.3) is 0 Å². The number of rotatable bonds is 4. The Balaban J connectivity index is 2.21. The average molecular weight is 291 g/mol. The van der Waals surface area contributed by atoms with Crippen LogP contribution in [-0.4, -0.2) is 35.4 Å². The molecule has 114 valence electrons. The van der Waals surface area contributed by atoms with Gasteiger partial charge in [0.15, 0.2) is 0 Å². The van der Waals surface area contributed by atoms with E-state index in [1.165, 1.54) is 6.07 Å². The van der Waals surface area contributed by atoms with Crippen LogP contribution >= 0.6 is 0 Å². The summed E-state index contributed by atoms with van der Waals surface area (Å²) in [5.41, 5.74) is 0.789. The van der Waals surface area contributed by atoms with Crippen LogP contribution < -0.4 is 5.32 Å². The number of hydrogen-bond donors (Lipinski definition) is 1. The highest BCUT2D eigenvalue weighted by Crippen LogP contribution is 2.27. The number of nitro groups is 1. The Hall–Kier alpha value is -2.11. The average Bonchev–Trinajstić information content (AvgIpc) is 2.48. The van der Waals surface area contributed by atoms with Gasteiger partial charge in [-0.25, -0.2) is 0 Å². The minimum Gasteiger partial charge on any atom is -0.380 e. The number of benzene rings is 1. The van der Waals surface area contributed by atoms with Crippen molar-refractivity contribution in [3.63, 3.8) is 0 Å². The quantitative estimate of drug-likeness (QED) is 0.683. The molecule has 1 saturated heterocycles. The number of nitrogens with zero attached hydrogens (tertiary/aromatic N) is 2. The summed E-state index contributed by atoms with van der Waals surface area (Å²) in [6.45, 7) is 6.10. The van der Waals surface area contributed by atoms with Gasteiger partial charge in [-0.05, 0) is 37.8 Å². The van der Waals surface area contributed by atoms with E-state index >= 15 is 0 Å². The number of amides is 1. The number of nitro benzene ring substituents is 1. The van der Waals surface area contributed by atoms with Crippen LogP contribution in [-0.2, 0) is 0 Å². The second-order valence-corrected chi connectivity index (χ2v) is 5.49. The van der Waals surface area contributed by atoms with E-state index in [1.54, 1.807) is 17.0 Å². The first-order valence-electron chi connectivity index (χ1n) is 7.34. The van der Waals surface area contributed by atoms with Crippen molar-refractivity contribution >= 4 is 17.3 Å². The van der Waals surface area contributed by atoms with Gasteiger partial charge in [0.2, 0.25) is 0 Å². The summed E-state index contributed by atoms with van der Waals surface area (Å²) >= 11 is 0. The molecule has 1 N–H and O–H groups in total. The first-order chi connectivity index (χ1) is 10.0. The smallest absolute Gasteiger partial charge is 0.293 e. The lowest BCUT2D eigenvalue weighted by atomic mass is 9.98. The fraction of sp³-hybridized carbons (Fsp3) is 0.533. The molecule has 1 aromatic carbocycles. The van der Waals surface area contributed by atoms with E-state index in [4.69, 9.17) is 0 Å². The molecule has 0 atom stereocenters. The van der Waals surface area contributed by atoms with E-state index in [0.29, 0.717) is 23.7 Å². The molecule has 1 aliphatic heterocycles. The molecular formula is C15H21N3O3. The van der Waals surface area contributed by atoms with E-state index in [-0.39, 0.29) is 11.6 Å². The maximum absolute atomic E-state index is 12.4. The Bertz CT molecular complexity index is 537. The number of anilines is 1. The van der Waals surface area contributed by atoms with Crippen molar-refractivity contribution in [2.45, 2.75) is 26.7 Å². The number of hydrogen-bond acceptors (Lipinski definition) is 4. The number of carbonyl (C=O) groups is 1. The Kier molecular flexibility index (Phi) is 4.77. The summed E-state index contributed by atoms with van der Waals surface area (Å²) in [6.07, 6.45) is 1.98.